The van der Waals surface area contributed by atoms with Gasteiger partial charge in [0.1, 0.15) is 0 Å². The number of hydrogen-bond acceptors (Lipinski definition) is 3. The van der Waals surface area contributed by atoms with Gasteiger partial charge in [-0.15, -0.1) is 0 Å². The largest absolute Gasteiger partial charge is 0.478 e. The first-order chi connectivity index (χ1) is 9.82. The predicted octanol–water partition coefficient (Wildman–Crippen LogP) is 2.50. The van der Waals surface area contributed by atoms with Gasteiger partial charge in [-0.2, -0.15) is 0 Å². The summed E-state index contributed by atoms with van der Waals surface area (Å²) in [6, 6.07) is 4.21. The molecule has 1 aliphatic carbocycles. The Hall–Kier alpha value is -1.40. The summed E-state index contributed by atoms with van der Waals surface area (Å²) in [4.78, 5) is 11.1. The third kappa shape index (κ3) is 3.44. The third-order valence-electron chi connectivity index (χ3n) is 4.11. The smallest absolute Gasteiger partial charge is 0.335 e. The first-order valence-corrected chi connectivity index (χ1v) is 8.56. The molecule has 0 aliphatic heterocycles. The Balaban J connectivity index is 2.29. The average Bonchev–Trinajstić information content (AvgIpc) is 2.91. The van der Waals surface area contributed by atoms with E-state index in [4.69, 9.17) is 5.11 Å². The SMILES string of the molecule is Cc1ccc(C(=O)O)cc1S(=O)(=O)N(C)CC1CCCC1. The minimum absolute atomic E-state index is 0.00607. The molecule has 0 amide bonds. The Kier molecular flexibility index (Phi) is 4.68. The molecule has 5 nitrogen and oxygen atoms in total. The molecule has 0 spiro atoms. The maximum Gasteiger partial charge on any atom is 0.335 e. The van der Waals surface area contributed by atoms with E-state index in [0.29, 0.717) is 18.0 Å². The lowest BCUT2D eigenvalue weighted by Gasteiger charge is -2.22. The predicted molar refractivity (Wildman–Crippen MR) is 79.9 cm³/mol. The second kappa shape index (κ2) is 6.15. The van der Waals surface area contributed by atoms with Gasteiger partial charge in [0.25, 0.3) is 0 Å². The van der Waals surface area contributed by atoms with E-state index in [0.717, 1.165) is 25.7 Å². The van der Waals surface area contributed by atoms with E-state index in [2.05, 4.69) is 0 Å². The molecule has 21 heavy (non-hydrogen) atoms. The highest BCUT2D eigenvalue weighted by Gasteiger charge is 2.27. The van der Waals surface area contributed by atoms with E-state index >= 15 is 0 Å². The average molecular weight is 311 g/mol. The van der Waals surface area contributed by atoms with Crippen LogP contribution < -0.4 is 0 Å². The number of carboxylic acid groups (broad SMARTS) is 1. The molecule has 2 rings (SSSR count). The first-order valence-electron chi connectivity index (χ1n) is 7.12. The Morgan fingerprint density at radius 1 is 1.33 bits per heavy atom. The van der Waals surface area contributed by atoms with Crippen LogP contribution in [-0.4, -0.2) is 37.4 Å². The van der Waals surface area contributed by atoms with Gasteiger partial charge in [-0.1, -0.05) is 18.9 Å². The monoisotopic (exact) mass is 311 g/mol. The van der Waals surface area contributed by atoms with Gasteiger partial charge < -0.3 is 5.11 Å². The van der Waals surface area contributed by atoms with Crippen LogP contribution in [0.1, 0.15) is 41.6 Å². The van der Waals surface area contributed by atoms with Crippen LogP contribution in [0.4, 0.5) is 0 Å². The molecule has 116 valence electrons. The zero-order valence-electron chi connectivity index (χ0n) is 12.4. The van der Waals surface area contributed by atoms with Gasteiger partial charge in [0.05, 0.1) is 10.5 Å². The maximum atomic E-state index is 12.6. The van der Waals surface area contributed by atoms with Crippen LogP contribution in [0.15, 0.2) is 23.1 Å². The van der Waals surface area contributed by atoms with Crippen molar-refractivity contribution in [3.05, 3.63) is 29.3 Å². The fourth-order valence-electron chi connectivity index (χ4n) is 2.83. The summed E-state index contributed by atoms with van der Waals surface area (Å²) in [5.41, 5.74) is 0.562. The molecule has 6 heteroatoms. The van der Waals surface area contributed by atoms with E-state index < -0.39 is 16.0 Å². The summed E-state index contributed by atoms with van der Waals surface area (Å²) in [6.07, 6.45) is 4.44. The Morgan fingerprint density at radius 3 is 2.52 bits per heavy atom. The summed E-state index contributed by atoms with van der Waals surface area (Å²) in [6.45, 7) is 2.18. The van der Waals surface area contributed by atoms with Crippen molar-refractivity contribution in [3.63, 3.8) is 0 Å². The Labute approximate surface area is 125 Å². The summed E-state index contributed by atoms with van der Waals surface area (Å²) < 4.78 is 26.7. The maximum absolute atomic E-state index is 12.6. The summed E-state index contributed by atoms with van der Waals surface area (Å²) in [5, 5.41) is 9.03. The van der Waals surface area contributed by atoms with Gasteiger partial charge in [0, 0.05) is 13.6 Å². The number of sulfonamides is 1. The highest BCUT2D eigenvalue weighted by atomic mass is 32.2. The summed E-state index contributed by atoms with van der Waals surface area (Å²) in [7, 11) is -2.07. The third-order valence-corrected chi connectivity index (χ3v) is 6.08. The van der Waals surface area contributed by atoms with Crippen molar-refractivity contribution in [1.29, 1.82) is 0 Å². The van der Waals surface area contributed by atoms with Gasteiger partial charge in [-0.05, 0) is 43.4 Å². The molecule has 0 saturated heterocycles. The lowest BCUT2D eigenvalue weighted by Crippen LogP contribution is -2.31. The molecule has 0 atom stereocenters. The minimum atomic E-state index is -3.64. The van der Waals surface area contributed by atoms with E-state index in [-0.39, 0.29) is 10.5 Å². The number of aryl methyl sites for hydroxylation is 1. The molecule has 0 bridgehead atoms. The normalized spacial score (nSPS) is 16.5. The number of carboxylic acids is 1. The quantitative estimate of drug-likeness (QED) is 0.906. The minimum Gasteiger partial charge on any atom is -0.478 e. The van der Waals surface area contributed by atoms with Crippen LogP contribution in [-0.2, 0) is 10.0 Å². The lowest BCUT2D eigenvalue weighted by atomic mass is 10.1. The Bertz CT molecular complexity index is 633. The lowest BCUT2D eigenvalue weighted by molar-refractivity contribution is 0.0696. The van der Waals surface area contributed by atoms with Crippen LogP contribution in [0.25, 0.3) is 0 Å². The molecule has 0 aromatic heterocycles. The molecule has 1 fully saturated rings. The fourth-order valence-corrected chi connectivity index (χ4v) is 4.33. The molecule has 1 aromatic rings. The number of carbonyl (C=O) groups is 1. The van der Waals surface area contributed by atoms with Crippen LogP contribution in [0.5, 0.6) is 0 Å². The van der Waals surface area contributed by atoms with E-state index in [9.17, 15) is 13.2 Å². The summed E-state index contributed by atoms with van der Waals surface area (Å²) in [5.74, 6) is -0.711. The molecule has 1 aliphatic rings. The van der Waals surface area contributed by atoms with Crippen molar-refractivity contribution in [3.8, 4) is 0 Å². The zero-order valence-corrected chi connectivity index (χ0v) is 13.2. The van der Waals surface area contributed by atoms with Gasteiger partial charge in [0.2, 0.25) is 10.0 Å². The van der Waals surface area contributed by atoms with Gasteiger partial charge >= 0.3 is 5.97 Å². The van der Waals surface area contributed by atoms with Gasteiger partial charge in [-0.25, -0.2) is 17.5 Å². The molecular weight excluding hydrogens is 290 g/mol. The number of hydrogen-bond donors (Lipinski definition) is 1. The van der Waals surface area contributed by atoms with Gasteiger partial charge in [0.15, 0.2) is 0 Å². The second-order valence-corrected chi connectivity index (χ2v) is 7.73. The van der Waals surface area contributed by atoms with Crippen molar-refractivity contribution < 1.29 is 18.3 Å². The number of rotatable bonds is 5. The van der Waals surface area contributed by atoms with Crippen LogP contribution in [0.3, 0.4) is 0 Å². The molecule has 1 N–H and O–H groups in total. The van der Waals surface area contributed by atoms with Crippen LogP contribution in [0.2, 0.25) is 0 Å². The molecule has 0 unspecified atom stereocenters. The fraction of sp³-hybridized carbons (Fsp3) is 0.533. The van der Waals surface area contributed by atoms with Crippen LogP contribution in [0, 0.1) is 12.8 Å². The van der Waals surface area contributed by atoms with E-state index in [1.54, 1.807) is 20.0 Å². The number of nitrogens with zero attached hydrogens (tertiary/aromatic N) is 1. The number of aromatic carboxylic acids is 1. The van der Waals surface area contributed by atoms with Crippen molar-refractivity contribution in [2.75, 3.05) is 13.6 Å². The first kappa shape index (κ1) is 16.0. The standard InChI is InChI=1S/C15H21NO4S/c1-11-7-8-13(15(17)18)9-14(11)21(19,20)16(2)10-12-5-3-4-6-12/h7-9,12H,3-6,10H2,1-2H3,(H,17,18). The summed E-state index contributed by atoms with van der Waals surface area (Å²) >= 11 is 0. The molecule has 1 aromatic carbocycles. The van der Waals surface area contributed by atoms with Crippen molar-refractivity contribution in [1.82, 2.24) is 4.31 Å². The molecule has 1 saturated carbocycles. The Morgan fingerprint density at radius 2 is 1.95 bits per heavy atom. The van der Waals surface area contributed by atoms with Crippen molar-refractivity contribution in [2.24, 2.45) is 5.92 Å². The zero-order chi connectivity index (χ0) is 15.6. The topological polar surface area (TPSA) is 74.7 Å². The second-order valence-electron chi connectivity index (χ2n) is 5.72. The van der Waals surface area contributed by atoms with E-state index in [1.165, 1.54) is 16.4 Å². The molecule has 0 radical (unpaired) electrons. The highest BCUT2D eigenvalue weighted by Crippen LogP contribution is 2.28. The highest BCUT2D eigenvalue weighted by molar-refractivity contribution is 7.89. The van der Waals surface area contributed by atoms with Crippen molar-refractivity contribution in [2.45, 2.75) is 37.5 Å². The molecule has 0 heterocycles. The molecular formula is C15H21NO4S. The van der Waals surface area contributed by atoms with Crippen LogP contribution >= 0.6 is 0 Å². The van der Waals surface area contributed by atoms with Gasteiger partial charge in [-0.3, -0.25) is 0 Å². The van der Waals surface area contributed by atoms with E-state index in [1.807, 2.05) is 0 Å². The van der Waals surface area contributed by atoms with Crippen molar-refractivity contribution >= 4 is 16.0 Å². The number of benzene rings is 1.